The van der Waals surface area contributed by atoms with Gasteiger partial charge in [-0.15, -0.1) is 0 Å². The molecular formula is C10H17N5O3. The number of aromatic amines is 1. The van der Waals surface area contributed by atoms with Crippen LogP contribution in [-0.4, -0.2) is 29.1 Å². The van der Waals surface area contributed by atoms with Crippen LogP contribution >= 0.6 is 0 Å². The summed E-state index contributed by atoms with van der Waals surface area (Å²) in [6, 6.07) is 0. The van der Waals surface area contributed by atoms with Crippen molar-refractivity contribution in [3.63, 3.8) is 0 Å². The van der Waals surface area contributed by atoms with Crippen LogP contribution in [0.3, 0.4) is 0 Å². The van der Waals surface area contributed by atoms with E-state index in [9.17, 15) is 14.4 Å². The number of nitrogens with two attached hydrogens (primary N) is 1. The highest BCUT2D eigenvalue weighted by Crippen LogP contribution is 2.09. The first-order chi connectivity index (χ1) is 8.51. The molecule has 1 rings (SSSR count). The van der Waals surface area contributed by atoms with E-state index in [1.165, 1.54) is 11.6 Å². The fraction of sp³-hybridized carbons (Fsp3) is 0.500. The van der Waals surface area contributed by atoms with Crippen LogP contribution in [0.2, 0.25) is 0 Å². The van der Waals surface area contributed by atoms with Gasteiger partial charge in [0.05, 0.1) is 6.54 Å². The highest BCUT2D eigenvalue weighted by molar-refractivity contribution is 5.81. The van der Waals surface area contributed by atoms with Crippen LogP contribution < -0.4 is 27.6 Å². The normalized spacial score (nSPS) is 10.1. The summed E-state index contributed by atoms with van der Waals surface area (Å²) in [4.78, 5) is 36.3. The second-order valence-electron chi connectivity index (χ2n) is 3.70. The van der Waals surface area contributed by atoms with E-state index in [2.05, 4.69) is 15.6 Å². The number of nitrogens with one attached hydrogen (secondary N) is 3. The van der Waals surface area contributed by atoms with Crippen molar-refractivity contribution in [3.05, 3.63) is 20.8 Å². The lowest BCUT2D eigenvalue weighted by molar-refractivity contribution is -0.118. The molecule has 0 saturated heterocycles. The van der Waals surface area contributed by atoms with Gasteiger partial charge in [0.25, 0.3) is 5.56 Å². The SMILES string of the molecule is CCCn1c(N)c(NCC(=O)NC)c(=O)[nH]c1=O. The Hall–Kier alpha value is -2.25. The number of amides is 1. The Bertz CT molecular complexity index is 545. The van der Waals surface area contributed by atoms with Gasteiger partial charge in [-0.1, -0.05) is 6.92 Å². The number of likely N-dealkylation sites (N-methyl/N-ethyl adjacent to an activating group) is 1. The quantitative estimate of drug-likeness (QED) is 0.520. The van der Waals surface area contributed by atoms with Crippen molar-refractivity contribution >= 4 is 17.4 Å². The molecule has 0 aromatic carbocycles. The third kappa shape index (κ3) is 2.90. The number of anilines is 2. The Morgan fingerprint density at radius 1 is 1.44 bits per heavy atom. The molecule has 0 atom stereocenters. The molecule has 0 spiro atoms. The van der Waals surface area contributed by atoms with Gasteiger partial charge in [0.2, 0.25) is 5.91 Å². The minimum atomic E-state index is -0.631. The second-order valence-corrected chi connectivity index (χ2v) is 3.70. The minimum Gasteiger partial charge on any atom is -0.383 e. The van der Waals surface area contributed by atoms with Crippen LogP contribution in [0.4, 0.5) is 11.5 Å². The van der Waals surface area contributed by atoms with E-state index in [4.69, 9.17) is 5.73 Å². The molecule has 0 aliphatic rings. The maximum atomic E-state index is 11.6. The standard InChI is InChI=1S/C10H17N5O3/c1-3-4-15-8(11)7(9(17)14-10(15)18)13-5-6(16)12-2/h13H,3-5,11H2,1-2H3,(H,12,16)(H,14,17,18). The number of rotatable bonds is 5. The van der Waals surface area contributed by atoms with E-state index >= 15 is 0 Å². The molecule has 8 heteroatoms. The number of carbonyl (C=O) groups is 1. The van der Waals surface area contributed by atoms with Gasteiger partial charge in [-0.25, -0.2) is 4.79 Å². The molecule has 1 amide bonds. The molecule has 18 heavy (non-hydrogen) atoms. The highest BCUT2D eigenvalue weighted by Gasteiger charge is 2.12. The van der Waals surface area contributed by atoms with Gasteiger partial charge in [0.1, 0.15) is 11.5 Å². The maximum Gasteiger partial charge on any atom is 0.330 e. The summed E-state index contributed by atoms with van der Waals surface area (Å²) in [7, 11) is 1.48. The van der Waals surface area contributed by atoms with Crippen LogP contribution in [0.1, 0.15) is 13.3 Å². The molecule has 0 unspecified atom stereocenters. The molecule has 1 aromatic heterocycles. The first-order valence-corrected chi connectivity index (χ1v) is 5.58. The summed E-state index contributed by atoms with van der Waals surface area (Å²) >= 11 is 0. The third-order valence-electron chi connectivity index (χ3n) is 2.39. The molecule has 0 fully saturated rings. The summed E-state index contributed by atoms with van der Waals surface area (Å²) < 4.78 is 1.26. The highest BCUT2D eigenvalue weighted by atomic mass is 16.2. The van der Waals surface area contributed by atoms with Crippen molar-refractivity contribution in [2.75, 3.05) is 24.6 Å². The van der Waals surface area contributed by atoms with Gasteiger partial charge in [-0.05, 0) is 6.42 Å². The monoisotopic (exact) mass is 255 g/mol. The molecule has 0 bridgehead atoms. The summed E-state index contributed by atoms with van der Waals surface area (Å²) in [6.07, 6.45) is 0.699. The maximum absolute atomic E-state index is 11.6. The van der Waals surface area contributed by atoms with Gasteiger partial charge < -0.3 is 16.4 Å². The van der Waals surface area contributed by atoms with E-state index in [0.29, 0.717) is 13.0 Å². The summed E-state index contributed by atoms with van der Waals surface area (Å²) in [5, 5.41) is 5.02. The number of nitrogens with zero attached hydrogens (tertiary/aromatic N) is 1. The van der Waals surface area contributed by atoms with Crippen LogP contribution in [0.5, 0.6) is 0 Å². The van der Waals surface area contributed by atoms with Crippen molar-refractivity contribution in [2.24, 2.45) is 0 Å². The number of carbonyl (C=O) groups excluding carboxylic acids is 1. The Balaban J connectivity index is 3.11. The average Bonchev–Trinajstić information content (AvgIpc) is 2.33. The van der Waals surface area contributed by atoms with Crippen LogP contribution in [0, 0.1) is 0 Å². The summed E-state index contributed by atoms with van der Waals surface area (Å²) in [6.45, 7) is 2.19. The van der Waals surface area contributed by atoms with Crippen LogP contribution in [0.15, 0.2) is 9.59 Å². The van der Waals surface area contributed by atoms with E-state index in [-0.39, 0.29) is 24.0 Å². The lowest BCUT2D eigenvalue weighted by Crippen LogP contribution is -2.36. The lowest BCUT2D eigenvalue weighted by Gasteiger charge is -2.12. The number of nitrogen functional groups attached to an aromatic ring is 1. The van der Waals surface area contributed by atoms with Crippen molar-refractivity contribution in [1.82, 2.24) is 14.9 Å². The zero-order chi connectivity index (χ0) is 13.7. The number of aromatic nitrogens is 2. The van der Waals surface area contributed by atoms with E-state index in [1.807, 2.05) is 6.92 Å². The molecule has 8 nitrogen and oxygen atoms in total. The molecule has 0 saturated carbocycles. The first kappa shape index (κ1) is 13.8. The van der Waals surface area contributed by atoms with Gasteiger partial charge in [0, 0.05) is 13.6 Å². The Morgan fingerprint density at radius 3 is 2.67 bits per heavy atom. The van der Waals surface area contributed by atoms with Crippen molar-refractivity contribution in [1.29, 1.82) is 0 Å². The van der Waals surface area contributed by atoms with Crippen molar-refractivity contribution in [3.8, 4) is 0 Å². The van der Waals surface area contributed by atoms with Gasteiger partial charge in [-0.2, -0.15) is 0 Å². The molecule has 0 aliphatic heterocycles. The van der Waals surface area contributed by atoms with Crippen molar-refractivity contribution in [2.45, 2.75) is 19.9 Å². The molecule has 0 radical (unpaired) electrons. The fourth-order valence-electron chi connectivity index (χ4n) is 1.46. The largest absolute Gasteiger partial charge is 0.383 e. The molecule has 100 valence electrons. The average molecular weight is 255 g/mol. The predicted molar refractivity (Wildman–Crippen MR) is 68.6 cm³/mol. The molecular weight excluding hydrogens is 238 g/mol. The fourth-order valence-corrected chi connectivity index (χ4v) is 1.46. The topological polar surface area (TPSA) is 122 Å². The predicted octanol–water partition coefficient (Wildman–Crippen LogP) is -1.31. The molecule has 1 aromatic rings. The molecule has 1 heterocycles. The molecule has 5 N–H and O–H groups in total. The summed E-state index contributed by atoms with van der Waals surface area (Å²) in [5.74, 6) is -0.253. The smallest absolute Gasteiger partial charge is 0.330 e. The van der Waals surface area contributed by atoms with Crippen LogP contribution in [-0.2, 0) is 11.3 Å². The Morgan fingerprint density at radius 2 is 2.11 bits per heavy atom. The number of H-pyrrole nitrogens is 1. The second kappa shape index (κ2) is 5.89. The zero-order valence-corrected chi connectivity index (χ0v) is 10.4. The summed E-state index contributed by atoms with van der Waals surface area (Å²) in [5.41, 5.74) is 4.60. The number of hydrogen-bond donors (Lipinski definition) is 4. The Kier molecular flexibility index (Phi) is 4.52. The van der Waals surface area contributed by atoms with E-state index < -0.39 is 11.2 Å². The van der Waals surface area contributed by atoms with Gasteiger partial charge in [0.15, 0.2) is 0 Å². The van der Waals surface area contributed by atoms with Crippen LogP contribution in [0.25, 0.3) is 0 Å². The van der Waals surface area contributed by atoms with E-state index in [1.54, 1.807) is 0 Å². The number of hydrogen-bond acceptors (Lipinski definition) is 5. The van der Waals surface area contributed by atoms with Gasteiger partial charge >= 0.3 is 5.69 Å². The first-order valence-electron chi connectivity index (χ1n) is 5.58. The van der Waals surface area contributed by atoms with Crippen molar-refractivity contribution < 1.29 is 4.79 Å². The molecule has 0 aliphatic carbocycles. The Labute approximate surface area is 103 Å². The van der Waals surface area contributed by atoms with Gasteiger partial charge in [-0.3, -0.25) is 19.1 Å². The lowest BCUT2D eigenvalue weighted by atomic mass is 10.4. The van der Waals surface area contributed by atoms with E-state index in [0.717, 1.165) is 0 Å². The third-order valence-corrected chi connectivity index (χ3v) is 2.39. The minimum absolute atomic E-state index is 0.0339. The zero-order valence-electron chi connectivity index (χ0n) is 10.4.